The molecule has 0 aromatic carbocycles. The highest BCUT2D eigenvalue weighted by molar-refractivity contribution is 7.14. The van der Waals surface area contributed by atoms with E-state index in [-0.39, 0.29) is 11.9 Å². The Morgan fingerprint density at radius 1 is 1.79 bits per heavy atom. The molecule has 1 amide bonds. The summed E-state index contributed by atoms with van der Waals surface area (Å²) < 4.78 is 0. The fourth-order valence-corrected chi connectivity index (χ4v) is 1.76. The van der Waals surface area contributed by atoms with E-state index >= 15 is 0 Å². The van der Waals surface area contributed by atoms with Crippen LogP contribution in [0.25, 0.3) is 0 Å². The van der Waals surface area contributed by atoms with Crippen molar-refractivity contribution in [2.45, 2.75) is 19.9 Å². The van der Waals surface area contributed by atoms with Gasteiger partial charge in [-0.3, -0.25) is 4.79 Å². The van der Waals surface area contributed by atoms with Gasteiger partial charge in [0.1, 0.15) is 0 Å². The van der Waals surface area contributed by atoms with Gasteiger partial charge in [0.05, 0.1) is 10.9 Å². The summed E-state index contributed by atoms with van der Waals surface area (Å²) in [5, 5.41) is 2.67. The van der Waals surface area contributed by atoms with Crippen molar-refractivity contribution in [1.29, 1.82) is 0 Å². The maximum atomic E-state index is 11.5. The number of anilines is 1. The molecule has 1 unspecified atom stereocenters. The molecule has 1 heterocycles. The van der Waals surface area contributed by atoms with E-state index in [0.29, 0.717) is 10.6 Å². The SMILES string of the molecule is C#CC(C)NC(=O)c1cc(N)c(C)s1. The van der Waals surface area contributed by atoms with Gasteiger partial charge < -0.3 is 11.1 Å². The Morgan fingerprint density at radius 3 is 2.86 bits per heavy atom. The molecule has 1 aromatic heterocycles. The molecule has 1 aromatic rings. The minimum Gasteiger partial charge on any atom is -0.398 e. The van der Waals surface area contributed by atoms with Crippen LogP contribution in [0.4, 0.5) is 5.69 Å². The van der Waals surface area contributed by atoms with E-state index in [9.17, 15) is 4.79 Å². The lowest BCUT2D eigenvalue weighted by atomic mass is 10.3. The zero-order valence-electron chi connectivity index (χ0n) is 8.13. The quantitative estimate of drug-likeness (QED) is 0.722. The van der Waals surface area contributed by atoms with E-state index in [1.165, 1.54) is 11.3 Å². The van der Waals surface area contributed by atoms with Crippen LogP contribution in [0.15, 0.2) is 6.07 Å². The lowest BCUT2D eigenvalue weighted by Crippen LogP contribution is -2.30. The standard InChI is InChI=1S/C10H12N2OS/c1-4-6(2)12-10(13)9-5-8(11)7(3)14-9/h1,5-6H,11H2,2-3H3,(H,12,13). The number of carbonyl (C=O) groups is 1. The summed E-state index contributed by atoms with van der Waals surface area (Å²) in [5.41, 5.74) is 6.28. The first-order valence-electron chi connectivity index (χ1n) is 4.17. The molecule has 14 heavy (non-hydrogen) atoms. The molecule has 74 valence electrons. The number of nitrogens with one attached hydrogen (secondary N) is 1. The first kappa shape index (κ1) is 10.6. The molecule has 3 N–H and O–H groups in total. The van der Waals surface area contributed by atoms with Crippen molar-refractivity contribution in [3.8, 4) is 12.3 Å². The number of nitrogens with two attached hydrogens (primary N) is 1. The number of thiophene rings is 1. The number of terminal acetylenes is 1. The van der Waals surface area contributed by atoms with E-state index in [4.69, 9.17) is 12.2 Å². The maximum Gasteiger partial charge on any atom is 0.262 e. The Bertz CT molecular complexity index is 370. The van der Waals surface area contributed by atoms with Crippen LogP contribution >= 0.6 is 11.3 Å². The number of hydrogen-bond acceptors (Lipinski definition) is 3. The summed E-state index contributed by atoms with van der Waals surface area (Å²) in [7, 11) is 0. The van der Waals surface area contributed by atoms with E-state index in [0.717, 1.165) is 4.88 Å². The van der Waals surface area contributed by atoms with Gasteiger partial charge in [0, 0.05) is 10.6 Å². The molecule has 0 aliphatic carbocycles. The normalized spacial score (nSPS) is 11.8. The Kier molecular flexibility index (Phi) is 3.15. The molecular formula is C10H12N2OS. The van der Waals surface area contributed by atoms with Gasteiger partial charge in [0.25, 0.3) is 5.91 Å². The summed E-state index contributed by atoms with van der Waals surface area (Å²) in [4.78, 5) is 13.1. The molecule has 3 nitrogen and oxygen atoms in total. The summed E-state index contributed by atoms with van der Waals surface area (Å²) in [5.74, 6) is 2.26. The Hall–Kier alpha value is -1.47. The van der Waals surface area contributed by atoms with Crippen molar-refractivity contribution in [1.82, 2.24) is 5.32 Å². The van der Waals surface area contributed by atoms with Crippen molar-refractivity contribution in [3.05, 3.63) is 15.8 Å². The molecule has 0 aliphatic heterocycles. The van der Waals surface area contributed by atoms with Crippen molar-refractivity contribution < 1.29 is 4.79 Å². The Labute approximate surface area is 87.3 Å². The predicted molar refractivity (Wildman–Crippen MR) is 59.2 cm³/mol. The molecule has 0 radical (unpaired) electrons. The number of amides is 1. The van der Waals surface area contributed by atoms with E-state index < -0.39 is 0 Å². The van der Waals surface area contributed by atoms with Crippen LogP contribution in [0.3, 0.4) is 0 Å². The Balaban J connectivity index is 2.76. The molecule has 4 heteroatoms. The molecule has 1 atom stereocenters. The predicted octanol–water partition coefficient (Wildman–Crippen LogP) is 1.39. The summed E-state index contributed by atoms with van der Waals surface area (Å²) >= 11 is 1.37. The molecule has 0 saturated carbocycles. The Morgan fingerprint density at radius 2 is 2.43 bits per heavy atom. The fourth-order valence-electron chi connectivity index (χ4n) is 0.918. The molecule has 0 spiro atoms. The molecule has 0 saturated heterocycles. The monoisotopic (exact) mass is 208 g/mol. The van der Waals surface area contributed by atoms with Gasteiger partial charge >= 0.3 is 0 Å². The first-order valence-corrected chi connectivity index (χ1v) is 4.99. The molecule has 0 fully saturated rings. The summed E-state index contributed by atoms with van der Waals surface area (Å²) in [6, 6.07) is 1.41. The number of hydrogen-bond donors (Lipinski definition) is 2. The zero-order valence-corrected chi connectivity index (χ0v) is 8.94. The molecular weight excluding hydrogens is 196 g/mol. The van der Waals surface area contributed by atoms with Crippen LogP contribution in [-0.4, -0.2) is 11.9 Å². The second kappa shape index (κ2) is 4.16. The largest absolute Gasteiger partial charge is 0.398 e. The van der Waals surface area contributed by atoms with Crippen molar-refractivity contribution in [3.63, 3.8) is 0 Å². The highest BCUT2D eigenvalue weighted by atomic mass is 32.1. The number of aryl methyl sites for hydroxylation is 1. The van der Waals surface area contributed by atoms with Crippen LogP contribution in [-0.2, 0) is 0 Å². The third kappa shape index (κ3) is 2.27. The van der Waals surface area contributed by atoms with E-state index in [1.807, 2.05) is 6.92 Å². The average molecular weight is 208 g/mol. The van der Waals surface area contributed by atoms with Gasteiger partial charge in [-0.1, -0.05) is 5.92 Å². The van der Waals surface area contributed by atoms with Crippen molar-refractivity contribution >= 4 is 22.9 Å². The van der Waals surface area contributed by atoms with E-state index in [2.05, 4.69) is 11.2 Å². The average Bonchev–Trinajstić information content (AvgIpc) is 2.47. The van der Waals surface area contributed by atoms with Gasteiger partial charge in [-0.2, -0.15) is 0 Å². The highest BCUT2D eigenvalue weighted by Gasteiger charge is 2.11. The smallest absolute Gasteiger partial charge is 0.262 e. The second-order valence-corrected chi connectivity index (χ2v) is 4.24. The van der Waals surface area contributed by atoms with Crippen LogP contribution in [0, 0.1) is 19.3 Å². The van der Waals surface area contributed by atoms with Crippen LogP contribution in [0.5, 0.6) is 0 Å². The number of carbonyl (C=O) groups excluding carboxylic acids is 1. The minimum atomic E-state index is -0.258. The molecule has 0 bridgehead atoms. The minimum absolute atomic E-state index is 0.166. The lowest BCUT2D eigenvalue weighted by Gasteiger charge is -2.04. The van der Waals surface area contributed by atoms with Gasteiger partial charge in [-0.25, -0.2) is 0 Å². The second-order valence-electron chi connectivity index (χ2n) is 2.98. The van der Waals surface area contributed by atoms with Crippen LogP contribution < -0.4 is 11.1 Å². The van der Waals surface area contributed by atoms with Gasteiger partial charge in [0.2, 0.25) is 0 Å². The van der Waals surface area contributed by atoms with Gasteiger partial charge in [-0.05, 0) is 19.9 Å². The van der Waals surface area contributed by atoms with Gasteiger partial charge in [0.15, 0.2) is 0 Å². The summed E-state index contributed by atoms with van der Waals surface area (Å²) in [6.45, 7) is 3.63. The lowest BCUT2D eigenvalue weighted by molar-refractivity contribution is 0.0952. The molecule has 1 rings (SSSR count). The topological polar surface area (TPSA) is 55.1 Å². The van der Waals surface area contributed by atoms with Crippen LogP contribution in [0.1, 0.15) is 21.5 Å². The van der Waals surface area contributed by atoms with Gasteiger partial charge in [-0.15, -0.1) is 17.8 Å². The molecule has 0 aliphatic rings. The fraction of sp³-hybridized carbons (Fsp3) is 0.300. The van der Waals surface area contributed by atoms with E-state index in [1.54, 1.807) is 13.0 Å². The maximum absolute atomic E-state index is 11.5. The first-order chi connectivity index (χ1) is 6.54. The van der Waals surface area contributed by atoms with Crippen molar-refractivity contribution in [2.75, 3.05) is 5.73 Å². The third-order valence-corrected chi connectivity index (χ3v) is 2.84. The number of rotatable bonds is 2. The van der Waals surface area contributed by atoms with Crippen molar-refractivity contribution in [2.24, 2.45) is 0 Å². The van der Waals surface area contributed by atoms with Crippen LogP contribution in [0.2, 0.25) is 0 Å². The summed E-state index contributed by atoms with van der Waals surface area (Å²) in [6.07, 6.45) is 5.15. The highest BCUT2D eigenvalue weighted by Crippen LogP contribution is 2.23. The zero-order chi connectivity index (χ0) is 10.7. The number of nitrogen functional groups attached to an aromatic ring is 1. The third-order valence-electron chi connectivity index (χ3n) is 1.78.